The fraction of sp³-hybridized carbons (Fsp3) is 0.364. The lowest BCUT2D eigenvalue weighted by Crippen LogP contribution is -2.26. The number of nitrogens with two attached hydrogens (primary N) is 1. The maximum Gasteiger partial charge on any atom is 0.222 e. The van der Waals surface area contributed by atoms with Crippen LogP contribution >= 0.6 is 0 Å². The number of primary amides is 1. The number of hydrogen-bond donors (Lipinski definition) is 2. The van der Waals surface area contributed by atoms with E-state index in [0.29, 0.717) is 6.54 Å². The molecule has 0 radical (unpaired) electrons. The van der Waals surface area contributed by atoms with Gasteiger partial charge in [0.25, 0.3) is 0 Å². The monoisotopic (exact) mass is 256 g/mol. The molecule has 5 nitrogen and oxygen atoms in total. The van der Waals surface area contributed by atoms with Crippen molar-refractivity contribution in [1.29, 1.82) is 0 Å². The van der Waals surface area contributed by atoms with E-state index in [-0.39, 0.29) is 16.7 Å². The van der Waals surface area contributed by atoms with Gasteiger partial charge in [-0.1, -0.05) is 6.92 Å². The first-order valence-electron chi connectivity index (χ1n) is 5.14. The number of nitrogens with one attached hydrogen (secondary N) is 1. The van der Waals surface area contributed by atoms with Gasteiger partial charge in [0.05, 0.1) is 10.8 Å². The van der Waals surface area contributed by atoms with E-state index >= 15 is 0 Å². The lowest BCUT2D eigenvalue weighted by atomic mass is 10.1. The molecule has 0 aromatic heterocycles. The number of sulfone groups is 1. The van der Waals surface area contributed by atoms with Crippen molar-refractivity contribution in [2.24, 2.45) is 11.7 Å². The predicted octanol–water partition coefficient (Wildman–Crippen LogP) is 0.623. The SMILES string of the molecule is CC(CNc1ccc(S(C)(=O)=O)cc1)C(N)=O. The van der Waals surface area contributed by atoms with Gasteiger partial charge in [-0.05, 0) is 24.3 Å². The van der Waals surface area contributed by atoms with Crippen LogP contribution in [0.3, 0.4) is 0 Å². The lowest BCUT2D eigenvalue weighted by molar-refractivity contribution is -0.120. The highest BCUT2D eigenvalue weighted by Gasteiger charge is 2.09. The van der Waals surface area contributed by atoms with Crippen LogP contribution in [0.5, 0.6) is 0 Å². The zero-order chi connectivity index (χ0) is 13.1. The Hall–Kier alpha value is -1.56. The number of amides is 1. The van der Waals surface area contributed by atoms with Crippen LogP contribution in [0.25, 0.3) is 0 Å². The highest BCUT2D eigenvalue weighted by atomic mass is 32.2. The van der Waals surface area contributed by atoms with Gasteiger partial charge in [0, 0.05) is 18.5 Å². The van der Waals surface area contributed by atoms with E-state index in [0.717, 1.165) is 11.9 Å². The van der Waals surface area contributed by atoms with Gasteiger partial charge in [-0.25, -0.2) is 8.42 Å². The molecule has 0 aliphatic heterocycles. The maximum atomic E-state index is 11.2. The van der Waals surface area contributed by atoms with Crippen LogP contribution in [0, 0.1) is 5.92 Å². The first kappa shape index (κ1) is 13.5. The highest BCUT2D eigenvalue weighted by Crippen LogP contribution is 2.14. The summed E-state index contributed by atoms with van der Waals surface area (Å²) in [6, 6.07) is 6.35. The molecule has 94 valence electrons. The summed E-state index contributed by atoms with van der Waals surface area (Å²) in [6.07, 6.45) is 1.16. The second-order valence-corrected chi connectivity index (χ2v) is 6.00. The topological polar surface area (TPSA) is 89.3 Å². The van der Waals surface area contributed by atoms with Gasteiger partial charge in [-0.3, -0.25) is 4.79 Å². The number of anilines is 1. The average molecular weight is 256 g/mol. The minimum absolute atomic E-state index is 0.269. The normalized spacial score (nSPS) is 13.1. The van der Waals surface area contributed by atoms with Crippen LogP contribution in [0.2, 0.25) is 0 Å². The zero-order valence-electron chi connectivity index (χ0n) is 9.80. The molecule has 1 rings (SSSR count). The summed E-state index contributed by atoms with van der Waals surface area (Å²) in [5, 5.41) is 3.01. The second-order valence-electron chi connectivity index (χ2n) is 3.98. The number of benzene rings is 1. The van der Waals surface area contributed by atoms with Crippen molar-refractivity contribution >= 4 is 21.4 Å². The molecular weight excluding hydrogens is 240 g/mol. The summed E-state index contributed by atoms with van der Waals surface area (Å²) in [4.78, 5) is 11.1. The molecule has 1 aromatic carbocycles. The smallest absolute Gasteiger partial charge is 0.222 e. The summed E-state index contributed by atoms with van der Waals surface area (Å²) < 4.78 is 22.4. The number of rotatable bonds is 5. The molecule has 0 saturated heterocycles. The fourth-order valence-electron chi connectivity index (χ4n) is 1.19. The van der Waals surface area contributed by atoms with E-state index < -0.39 is 9.84 Å². The van der Waals surface area contributed by atoms with Crippen molar-refractivity contribution in [3.63, 3.8) is 0 Å². The zero-order valence-corrected chi connectivity index (χ0v) is 10.6. The molecule has 0 spiro atoms. The third kappa shape index (κ3) is 4.07. The minimum atomic E-state index is -3.17. The van der Waals surface area contributed by atoms with E-state index in [4.69, 9.17) is 5.73 Å². The Morgan fingerprint density at radius 3 is 2.29 bits per heavy atom. The van der Waals surface area contributed by atoms with Gasteiger partial charge < -0.3 is 11.1 Å². The maximum absolute atomic E-state index is 11.2. The van der Waals surface area contributed by atoms with Crippen molar-refractivity contribution in [2.75, 3.05) is 18.1 Å². The van der Waals surface area contributed by atoms with Crippen molar-refractivity contribution < 1.29 is 13.2 Å². The predicted molar refractivity (Wildman–Crippen MR) is 66.4 cm³/mol. The highest BCUT2D eigenvalue weighted by molar-refractivity contribution is 7.90. The first-order valence-corrected chi connectivity index (χ1v) is 7.03. The molecule has 0 saturated carbocycles. The Bertz CT molecular complexity index is 494. The van der Waals surface area contributed by atoms with Gasteiger partial charge >= 0.3 is 0 Å². The van der Waals surface area contributed by atoms with Gasteiger partial charge in [0.15, 0.2) is 9.84 Å². The van der Waals surface area contributed by atoms with Gasteiger partial charge in [0.1, 0.15) is 0 Å². The van der Waals surface area contributed by atoms with Crippen LogP contribution in [-0.2, 0) is 14.6 Å². The Labute approximate surface area is 101 Å². The summed E-state index contributed by atoms with van der Waals surface area (Å²) in [5.74, 6) is -0.644. The molecule has 0 aliphatic rings. The van der Waals surface area contributed by atoms with Crippen molar-refractivity contribution in [2.45, 2.75) is 11.8 Å². The third-order valence-corrected chi connectivity index (χ3v) is 3.51. The van der Waals surface area contributed by atoms with E-state index in [9.17, 15) is 13.2 Å². The molecule has 1 atom stereocenters. The number of carbonyl (C=O) groups excluding carboxylic acids is 1. The van der Waals surface area contributed by atoms with Crippen LogP contribution in [-0.4, -0.2) is 27.1 Å². The Morgan fingerprint density at radius 2 is 1.88 bits per heavy atom. The quantitative estimate of drug-likeness (QED) is 0.808. The van der Waals surface area contributed by atoms with E-state index in [1.165, 1.54) is 12.1 Å². The summed E-state index contributed by atoms with van der Waals surface area (Å²) in [6.45, 7) is 2.15. The van der Waals surface area contributed by atoms with E-state index in [1.807, 2.05) is 0 Å². The van der Waals surface area contributed by atoms with Crippen molar-refractivity contribution in [1.82, 2.24) is 0 Å². The van der Waals surface area contributed by atoms with Crippen LogP contribution in [0.4, 0.5) is 5.69 Å². The largest absolute Gasteiger partial charge is 0.384 e. The van der Waals surface area contributed by atoms with E-state index in [2.05, 4.69) is 5.32 Å². The van der Waals surface area contributed by atoms with Gasteiger partial charge in [-0.15, -0.1) is 0 Å². The number of carbonyl (C=O) groups is 1. The fourth-order valence-corrected chi connectivity index (χ4v) is 1.82. The van der Waals surface area contributed by atoms with Crippen LogP contribution < -0.4 is 11.1 Å². The molecule has 6 heteroatoms. The van der Waals surface area contributed by atoms with Crippen molar-refractivity contribution in [3.8, 4) is 0 Å². The van der Waals surface area contributed by atoms with Crippen LogP contribution in [0.15, 0.2) is 29.2 Å². The minimum Gasteiger partial charge on any atom is -0.384 e. The molecule has 1 unspecified atom stereocenters. The molecule has 0 heterocycles. The van der Waals surface area contributed by atoms with Crippen molar-refractivity contribution in [3.05, 3.63) is 24.3 Å². The Kier molecular flexibility index (Phi) is 4.11. The first-order chi connectivity index (χ1) is 7.80. The molecule has 1 aromatic rings. The molecule has 0 bridgehead atoms. The molecule has 0 aliphatic carbocycles. The van der Waals surface area contributed by atoms with Gasteiger partial charge in [0.2, 0.25) is 5.91 Å². The lowest BCUT2D eigenvalue weighted by Gasteiger charge is -2.10. The molecule has 17 heavy (non-hydrogen) atoms. The van der Waals surface area contributed by atoms with Crippen LogP contribution in [0.1, 0.15) is 6.92 Å². The van der Waals surface area contributed by atoms with Gasteiger partial charge in [-0.2, -0.15) is 0 Å². The molecule has 0 fully saturated rings. The summed E-state index contributed by atoms with van der Waals surface area (Å²) >= 11 is 0. The molecule has 1 amide bonds. The third-order valence-electron chi connectivity index (χ3n) is 2.38. The standard InChI is InChI=1S/C11H16N2O3S/c1-8(11(12)14)7-13-9-3-5-10(6-4-9)17(2,15)16/h3-6,8,13H,7H2,1-2H3,(H2,12,14). The Balaban J connectivity index is 2.67. The summed E-state index contributed by atoms with van der Waals surface area (Å²) in [7, 11) is -3.17. The average Bonchev–Trinajstić information content (AvgIpc) is 2.25. The second kappa shape index (κ2) is 5.18. The molecule has 3 N–H and O–H groups in total. The Morgan fingerprint density at radius 1 is 1.35 bits per heavy atom. The van der Waals surface area contributed by atoms with E-state index in [1.54, 1.807) is 19.1 Å². The number of hydrogen-bond acceptors (Lipinski definition) is 4. The molecular formula is C11H16N2O3S. The summed E-state index contributed by atoms with van der Waals surface area (Å²) in [5.41, 5.74) is 5.88.